The van der Waals surface area contributed by atoms with E-state index in [0.717, 1.165) is 0 Å². The van der Waals surface area contributed by atoms with Crippen LogP contribution in [0, 0.1) is 5.92 Å². The normalized spacial score (nSPS) is 14.8. The van der Waals surface area contributed by atoms with Gasteiger partial charge in [0.15, 0.2) is 0 Å². The molecule has 0 fully saturated rings. The molecule has 13 heavy (non-hydrogen) atoms. The number of hydrogen-bond acceptors (Lipinski definition) is 0. The molecule has 0 aliphatic carbocycles. The fraction of sp³-hybridized carbons (Fsp3) is 0.692. The van der Waals surface area contributed by atoms with Gasteiger partial charge in [-0.3, -0.25) is 0 Å². The van der Waals surface area contributed by atoms with Gasteiger partial charge >= 0.3 is 0 Å². The zero-order valence-electron chi connectivity index (χ0n) is 10.1. The van der Waals surface area contributed by atoms with Crippen LogP contribution in [0.3, 0.4) is 0 Å². The molecule has 0 aromatic heterocycles. The zero-order valence-corrected chi connectivity index (χ0v) is 10.1. The Kier molecular flexibility index (Phi) is 5.77. The predicted octanol–water partition coefficient (Wildman–Crippen LogP) is 4.73. The van der Waals surface area contributed by atoms with Crippen LogP contribution in [0.4, 0.5) is 0 Å². The third kappa shape index (κ3) is 3.80. The van der Waals surface area contributed by atoms with Crippen molar-refractivity contribution in [3.8, 4) is 0 Å². The number of allylic oxidation sites excluding steroid dienone is 4. The standard InChI is InChI=1S/C13H24/c1-7-9-13(11(5)8-2)12(6)10(3)4/h8,10H,7,9H2,1-6H3/b11-8-,13-12+. The molecule has 0 atom stereocenters. The van der Waals surface area contributed by atoms with Crippen LogP contribution in [-0.4, -0.2) is 0 Å². The van der Waals surface area contributed by atoms with Crippen LogP contribution >= 0.6 is 0 Å². The molecule has 0 saturated carbocycles. The smallest absolute Gasteiger partial charge is 0.0257 e. The molecule has 0 N–H and O–H groups in total. The lowest BCUT2D eigenvalue weighted by Gasteiger charge is -2.15. The maximum absolute atomic E-state index is 2.27. The molecule has 0 saturated heterocycles. The first-order chi connectivity index (χ1) is 6.04. The summed E-state index contributed by atoms with van der Waals surface area (Å²) in [6.07, 6.45) is 4.68. The first-order valence-electron chi connectivity index (χ1n) is 5.37. The second-order valence-corrected chi connectivity index (χ2v) is 4.04. The van der Waals surface area contributed by atoms with E-state index < -0.39 is 0 Å². The monoisotopic (exact) mass is 180 g/mol. The summed E-state index contributed by atoms with van der Waals surface area (Å²) in [6.45, 7) is 13.4. The van der Waals surface area contributed by atoms with Gasteiger partial charge in [-0.05, 0) is 38.7 Å². The van der Waals surface area contributed by atoms with Gasteiger partial charge in [0.05, 0.1) is 0 Å². The van der Waals surface area contributed by atoms with Crippen LogP contribution in [0.2, 0.25) is 0 Å². The van der Waals surface area contributed by atoms with E-state index >= 15 is 0 Å². The Morgan fingerprint density at radius 2 is 1.77 bits per heavy atom. The lowest BCUT2D eigenvalue weighted by atomic mass is 9.91. The molecular weight excluding hydrogens is 156 g/mol. The van der Waals surface area contributed by atoms with Gasteiger partial charge in [-0.1, -0.05) is 44.4 Å². The van der Waals surface area contributed by atoms with Crippen molar-refractivity contribution >= 4 is 0 Å². The summed E-state index contributed by atoms with van der Waals surface area (Å²) < 4.78 is 0. The fourth-order valence-corrected chi connectivity index (χ4v) is 1.48. The van der Waals surface area contributed by atoms with E-state index in [1.165, 1.54) is 18.4 Å². The second-order valence-electron chi connectivity index (χ2n) is 4.04. The van der Waals surface area contributed by atoms with Gasteiger partial charge in [-0.2, -0.15) is 0 Å². The minimum atomic E-state index is 0.677. The summed E-state index contributed by atoms with van der Waals surface area (Å²) >= 11 is 0. The molecule has 0 bridgehead atoms. The first kappa shape index (κ1) is 12.5. The maximum Gasteiger partial charge on any atom is -0.0257 e. The summed E-state index contributed by atoms with van der Waals surface area (Å²) in [4.78, 5) is 0. The van der Waals surface area contributed by atoms with Crippen molar-refractivity contribution in [1.29, 1.82) is 0 Å². The third-order valence-corrected chi connectivity index (χ3v) is 2.75. The van der Waals surface area contributed by atoms with Crippen LogP contribution in [0.25, 0.3) is 0 Å². The summed E-state index contributed by atoms with van der Waals surface area (Å²) in [5.41, 5.74) is 4.57. The minimum absolute atomic E-state index is 0.677. The maximum atomic E-state index is 2.27. The molecule has 76 valence electrons. The van der Waals surface area contributed by atoms with E-state index in [9.17, 15) is 0 Å². The van der Waals surface area contributed by atoms with Crippen LogP contribution < -0.4 is 0 Å². The average Bonchev–Trinajstić information content (AvgIpc) is 2.11. The Morgan fingerprint density at radius 3 is 2.08 bits per heavy atom. The molecule has 0 aromatic rings. The quantitative estimate of drug-likeness (QED) is 0.549. The van der Waals surface area contributed by atoms with Crippen molar-refractivity contribution in [2.45, 2.75) is 54.4 Å². The van der Waals surface area contributed by atoms with Gasteiger partial charge < -0.3 is 0 Å². The van der Waals surface area contributed by atoms with Crippen LogP contribution in [-0.2, 0) is 0 Å². The molecule has 0 nitrogen and oxygen atoms in total. The Balaban J connectivity index is 4.88. The van der Waals surface area contributed by atoms with Gasteiger partial charge in [0, 0.05) is 0 Å². The lowest BCUT2D eigenvalue weighted by molar-refractivity contribution is 0.740. The van der Waals surface area contributed by atoms with Gasteiger partial charge in [0.1, 0.15) is 0 Å². The van der Waals surface area contributed by atoms with Crippen molar-refractivity contribution < 1.29 is 0 Å². The van der Waals surface area contributed by atoms with Crippen LogP contribution in [0.1, 0.15) is 54.4 Å². The Bertz CT molecular complexity index is 204. The van der Waals surface area contributed by atoms with Crippen molar-refractivity contribution in [3.63, 3.8) is 0 Å². The fourth-order valence-electron chi connectivity index (χ4n) is 1.48. The third-order valence-electron chi connectivity index (χ3n) is 2.75. The van der Waals surface area contributed by atoms with E-state index in [1.807, 2.05) is 0 Å². The van der Waals surface area contributed by atoms with E-state index in [2.05, 4.69) is 47.6 Å². The van der Waals surface area contributed by atoms with Gasteiger partial charge in [-0.25, -0.2) is 0 Å². The molecule has 0 heterocycles. The van der Waals surface area contributed by atoms with Crippen molar-refractivity contribution in [2.75, 3.05) is 0 Å². The van der Waals surface area contributed by atoms with Crippen LogP contribution in [0.15, 0.2) is 22.8 Å². The zero-order chi connectivity index (χ0) is 10.4. The summed E-state index contributed by atoms with van der Waals surface area (Å²) in [7, 11) is 0. The molecule has 0 unspecified atom stereocenters. The summed E-state index contributed by atoms with van der Waals surface area (Å²) in [5.74, 6) is 0.677. The van der Waals surface area contributed by atoms with Gasteiger partial charge in [0.25, 0.3) is 0 Å². The van der Waals surface area contributed by atoms with Crippen molar-refractivity contribution in [1.82, 2.24) is 0 Å². The van der Waals surface area contributed by atoms with Gasteiger partial charge in [-0.15, -0.1) is 0 Å². The number of rotatable bonds is 4. The Morgan fingerprint density at radius 1 is 1.23 bits per heavy atom. The SMILES string of the molecule is C/C=C(C)\C(CCC)=C(/C)C(C)C. The van der Waals surface area contributed by atoms with E-state index in [0.29, 0.717) is 5.92 Å². The molecule has 0 aromatic carbocycles. The highest BCUT2D eigenvalue weighted by Crippen LogP contribution is 2.24. The van der Waals surface area contributed by atoms with Gasteiger partial charge in [0.2, 0.25) is 0 Å². The average molecular weight is 180 g/mol. The predicted molar refractivity (Wildman–Crippen MR) is 61.9 cm³/mol. The first-order valence-corrected chi connectivity index (χ1v) is 5.37. The highest BCUT2D eigenvalue weighted by Gasteiger charge is 2.06. The Labute approximate surface area is 83.7 Å². The van der Waals surface area contributed by atoms with E-state index in [-0.39, 0.29) is 0 Å². The largest absolute Gasteiger partial charge is 0.0844 e. The topological polar surface area (TPSA) is 0 Å². The second kappa shape index (κ2) is 6.01. The molecular formula is C13H24. The molecule has 0 amide bonds. The molecule has 0 aliphatic rings. The molecule has 0 radical (unpaired) electrons. The summed E-state index contributed by atoms with van der Waals surface area (Å²) in [5, 5.41) is 0. The highest BCUT2D eigenvalue weighted by molar-refractivity contribution is 5.33. The number of hydrogen-bond donors (Lipinski definition) is 0. The molecule has 0 spiro atoms. The van der Waals surface area contributed by atoms with Crippen molar-refractivity contribution in [2.24, 2.45) is 5.92 Å². The molecule has 0 heteroatoms. The van der Waals surface area contributed by atoms with E-state index in [1.54, 1.807) is 11.1 Å². The minimum Gasteiger partial charge on any atom is -0.0844 e. The molecule has 0 rings (SSSR count). The lowest BCUT2D eigenvalue weighted by Crippen LogP contribution is -1.97. The molecule has 0 aliphatic heterocycles. The highest BCUT2D eigenvalue weighted by atomic mass is 14.1. The van der Waals surface area contributed by atoms with Crippen molar-refractivity contribution in [3.05, 3.63) is 22.8 Å². The summed E-state index contributed by atoms with van der Waals surface area (Å²) in [6, 6.07) is 0. The Hall–Kier alpha value is -0.520. The van der Waals surface area contributed by atoms with Crippen LogP contribution in [0.5, 0.6) is 0 Å². The van der Waals surface area contributed by atoms with E-state index in [4.69, 9.17) is 0 Å².